The largest absolute Gasteiger partial charge is 0.370 e. The monoisotopic (exact) mass is 220 g/mol. The molecule has 1 aromatic rings. The normalized spacial score (nSPS) is 21.6. The fourth-order valence-corrected chi connectivity index (χ4v) is 1.88. The van der Waals surface area contributed by atoms with Crippen molar-refractivity contribution in [3.05, 3.63) is 12.4 Å². The summed E-state index contributed by atoms with van der Waals surface area (Å²) in [6.45, 7) is 8.57. The second kappa shape index (κ2) is 4.28. The van der Waals surface area contributed by atoms with E-state index in [0.717, 1.165) is 30.6 Å². The molecule has 0 bridgehead atoms. The Morgan fingerprint density at radius 2 is 1.94 bits per heavy atom. The maximum absolute atomic E-state index is 4.21. The van der Waals surface area contributed by atoms with Crippen LogP contribution in [0.5, 0.6) is 0 Å². The van der Waals surface area contributed by atoms with Crippen LogP contribution in [0, 0.1) is 11.3 Å². The lowest BCUT2D eigenvalue weighted by Gasteiger charge is -2.08. The van der Waals surface area contributed by atoms with E-state index in [1.165, 1.54) is 6.42 Å². The van der Waals surface area contributed by atoms with E-state index in [9.17, 15) is 0 Å². The van der Waals surface area contributed by atoms with Gasteiger partial charge in [0.25, 0.3) is 0 Å². The zero-order valence-corrected chi connectivity index (χ0v) is 10.2. The minimum atomic E-state index is 0.518. The van der Waals surface area contributed by atoms with E-state index in [0.29, 0.717) is 5.41 Å². The standard InChI is InChI=1S/C12H20N4/c1-4-13-10-5-11(16-8-15-10)14-7-9-6-12(9,2)3/h5,8-9H,4,6-7H2,1-3H3,(H2,13,14,15,16). The molecule has 1 aliphatic rings. The lowest BCUT2D eigenvalue weighted by Crippen LogP contribution is -2.09. The molecule has 0 saturated heterocycles. The first kappa shape index (κ1) is 11.2. The molecule has 0 aromatic carbocycles. The van der Waals surface area contributed by atoms with Gasteiger partial charge in [0.15, 0.2) is 0 Å². The Kier molecular flexibility index (Phi) is 2.99. The van der Waals surface area contributed by atoms with Gasteiger partial charge < -0.3 is 10.6 Å². The van der Waals surface area contributed by atoms with Crippen LogP contribution < -0.4 is 10.6 Å². The van der Waals surface area contributed by atoms with Crippen molar-refractivity contribution in [1.82, 2.24) is 9.97 Å². The Balaban J connectivity index is 1.87. The number of nitrogens with zero attached hydrogens (tertiary/aromatic N) is 2. The lowest BCUT2D eigenvalue weighted by atomic mass is 10.1. The first-order chi connectivity index (χ1) is 7.62. The number of anilines is 2. The molecule has 4 nitrogen and oxygen atoms in total. The van der Waals surface area contributed by atoms with Gasteiger partial charge in [-0.3, -0.25) is 0 Å². The van der Waals surface area contributed by atoms with Crippen molar-refractivity contribution in [3.63, 3.8) is 0 Å². The molecule has 1 aliphatic carbocycles. The Morgan fingerprint density at radius 3 is 2.50 bits per heavy atom. The van der Waals surface area contributed by atoms with Gasteiger partial charge in [-0.25, -0.2) is 9.97 Å². The molecular weight excluding hydrogens is 200 g/mol. The van der Waals surface area contributed by atoms with E-state index in [1.54, 1.807) is 6.33 Å². The van der Waals surface area contributed by atoms with Gasteiger partial charge in [0, 0.05) is 19.2 Å². The van der Waals surface area contributed by atoms with Crippen LogP contribution in [0.15, 0.2) is 12.4 Å². The van der Waals surface area contributed by atoms with E-state index in [-0.39, 0.29) is 0 Å². The molecule has 2 N–H and O–H groups in total. The second-order valence-electron chi connectivity index (χ2n) is 5.09. The molecule has 1 unspecified atom stereocenters. The quantitative estimate of drug-likeness (QED) is 0.800. The fourth-order valence-electron chi connectivity index (χ4n) is 1.88. The first-order valence-corrected chi connectivity index (χ1v) is 5.91. The van der Waals surface area contributed by atoms with Gasteiger partial charge in [-0.2, -0.15) is 0 Å². The molecule has 4 heteroatoms. The highest BCUT2D eigenvalue weighted by Crippen LogP contribution is 2.51. The molecule has 1 atom stereocenters. The summed E-state index contributed by atoms with van der Waals surface area (Å²) in [5, 5.41) is 6.55. The maximum Gasteiger partial charge on any atom is 0.131 e. The molecule has 1 saturated carbocycles. The predicted molar refractivity (Wildman–Crippen MR) is 66.6 cm³/mol. The van der Waals surface area contributed by atoms with Crippen molar-refractivity contribution in [1.29, 1.82) is 0 Å². The van der Waals surface area contributed by atoms with Crippen LogP contribution in [0.1, 0.15) is 27.2 Å². The molecule has 2 rings (SSSR count). The highest BCUT2D eigenvalue weighted by molar-refractivity contribution is 5.46. The smallest absolute Gasteiger partial charge is 0.131 e. The van der Waals surface area contributed by atoms with Gasteiger partial charge >= 0.3 is 0 Å². The summed E-state index contributed by atoms with van der Waals surface area (Å²) >= 11 is 0. The van der Waals surface area contributed by atoms with Crippen LogP contribution in [0.3, 0.4) is 0 Å². The third-order valence-corrected chi connectivity index (χ3v) is 3.27. The summed E-state index contributed by atoms with van der Waals surface area (Å²) < 4.78 is 0. The van der Waals surface area contributed by atoms with Gasteiger partial charge in [0.05, 0.1) is 0 Å². The average Bonchev–Trinajstić information content (AvgIpc) is 2.85. The zero-order chi connectivity index (χ0) is 11.6. The fraction of sp³-hybridized carbons (Fsp3) is 0.667. The van der Waals surface area contributed by atoms with Crippen LogP contribution in [0.2, 0.25) is 0 Å². The summed E-state index contributed by atoms with van der Waals surface area (Å²) in [5.41, 5.74) is 0.518. The van der Waals surface area contributed by atoms with E-state index in [1.807, 2.05) is 6.07 Å². The van der Waals surface area contributed by atoms with Crippen LogP contribution in [0.4, 0.5) is 11.6 Å². The highest BCUT2D eigenvalue weighted by Gasteiger charge is 2.44. The van der Waals surface area contributed by atoms with E-state index >= 15 is 0 Å². The summed E-state index contributed by atoms with van der Waals surface area (Å²) in [5.74, 6) is 2.58. The zero-order valence-electron chi connectivity index (χ0n) is 10.2. The van der Waals surface area contributed by atoms with Crippen molar-refractivity contribution in [2.24, 2.45) is 11.3 Å². The van der Waals surface area contributed by atoms with E-state index < -0.39 is 0 Å². The number of hydrogen-bond donors (Lipinski definition) is 2. The Hall–Kier alpha value is -1.32. The molecule has 1 fully saturated rings. The molecule has 1 aromatic heterocycles. The summed E-state index contributed by atoms with van der Waals surface area (Å²) in [4.78, 5) is 8.35. The van der Waals surface area contributed by atoms with E-state index in [2.05, 4.69) is 41.4 Å². The number of hydrogen-bond acceptors (Lipinski definition) is 4. The molecule has 88 valence electrons. The SMILES string of the molecule is CCNc1cc(NCC2CC2(C)C)ncn1. The second-order valence-corrected chi connectivity index (χ2v) is 5.09. The minimum Gasteiger partial charge on any atom is -0.370 e. The van der Waals surface area contributed by atoms with Crippen LogP contribution in [-0.2, 0) is 0 Å². The Morgan fingerprint density at radius 1 is 1.31 bits per heavy atom. The minimum absolute atomic E-state index is 0.518. The van der Waals surface area contributed by atoms with Crippen LogP contribution in [-0.4, -0.2) is 23.1 Å². The third-order valence-electron chi connectivity index (χ3n) is 3.27. The summed E-state index contributed by atoms with van der Waals surface area (Å²) in [6.07, 6.45) is 2.91. The maximum atomic E-state index is 4.21. The van der Waals surface area contributed by atoms with Crippen molar-refractivity contribution in [2.45, 2.75) is 27.2 Å². The average molecular weight is 220 g/mol. The molecule has 0 amide bonds. The van der Waals surface area contributed by atoms with Crippen LogP contribution >= 0.6 is 0 Å². The van der Waals surface area contributed by atoms with Gasteiger partial charge in [0.1, 0.15) is 18.0 Å². The Labute approximate surface area is 96.9 Å². The predicted octanol–water partition coefficient (Wildman–Crippen LogP) is 2.37. The molecule has 0 radical (unpaired) electrons. The van der Waals surface area contributed by atoms with Gasteiger partial charge in [0.2, 0.25) is 0 Å². The number of rotatable bonds is 5. The number of aromatic nitrogens is 2. The topological polar surface area (TPSA) is 49.8 Å². The van der Waals surface area contributed by atoms with Crippen molar-refractivity contribution in [3.8, 4) is 0 Å². The van der Waals surface area contributed by atoms with Gasteiger partial charge in [-0.1, -0.05) is 13.8 Å². The molecule has 0 spiro atoms. The third kappa shape index (κ3) is 2.62. The first-order valence-electron chi connectivity index (χ1n) is 5.91. The summed E-state index contributed by atoms with van der Waals surface area (Å²) in [6, 6.07) is 1.96. The molecule has 1 heterocycles. The van der Waals surface area contributed by atoms with E-state index in [4.69, 9.17) is 0 Å². The van der Waals surface area contributed by atoms with Gasteiger partial charge in [-0.05, 0) is 24.7 Å². The molecular formula is C12H20N4. The van der Waals surface area contributed by atoms with Gasteiger partial charge in [-0.15, -0.1) is 0 Å². The van der Waals surface area contributed by atoms with Crippen LogP contribution in [0.25, 0.3) is 0 Å². The van der Waals surface area contributed by atoms with Crippen molar-refractivity contribution >= 4 is 11.6 Å². The lowest BCUT2D eigenvalue weighted by molar-refractivity contribution is 0.573. The number of nitrogens with one attached hydrogen (secondary N) is 2. The molecule has 16 heavy (non-hydrogen) atoms. The Bertz CT molecular complexity index is 362. The molecule has 0 aliphatic heterocycles. The van der Waals surface area contributed by atoms with Crippen molar-refractivity contribution < 1.29 is 0 Å². The highest BCUT2D eigenvalue weighted by atomic mass is 15.1. The summed E-state index contributed by atoms with van der Waals surface area (Å²) in [7, 11) is 0. The van der Waals surface area contributed by atoms with Crippen molar-refractivity contribution in [2.75, 3.05) is 23.7 Å².